The Morgan fingerprint density at radius 3 is 1.86 bits per heavy atom. The number of allylic oxidation sites excluding steroid dienone is 2. The molecular formula is C34H41F7O2. The minimum absolute atomic E-state index is 0.0229. The molecule has 0 bridgehead atoms. The molecule has 238 valence electrons. The summed E-state index contributed by atoms with van der Waals surface area (Å²) >= 11 is 0. The first-order chi connectivity index (χ1) is 20.5. The van der Waals surface area contributed by atoms with Crippen LogP contribution in [0, 0.1) is 35.2 Å². The Bertz CT molecular complexity index is 1160. The Kier molecular flexibility index (Phi) is 11.6. The summed E-state index contributed by atoms with van der Waals surface area (Å²) < 4.78 is 109. The van der Waals surface area contributed by atoms with Crippen LogP contribution in [0.2, 0.25) is 0 Å². The topological polar surface area (TPSA) is 18.5 Å². The van der Waals surface area contributed by atoms with Gasteiger partial charge in [0, 0.05) is 12.1 Å². The monoisotopic (exact) mass is 614 g/mol. The van der Waals surface area contributed by atoms with E-state index in [2.05, 4.69) is 48.1 Å². The fraction of sp³-hybridized carbons (Fsp3) is 0.588. The van der Waals surface area contributed by atoms with E-state index >= 15 is 8.78 Å². The first-order valence-electron chi connectivity index (χ1n) is 15.5. The summed E-state index contributed by atoms with van der Waals surface area (Å²) in [5, 5.41) is 0. The Morgan fingerprint density at radius 1 is 0.744 bits per heavy atom. The normalized spacial score (nSPS) is 23.5. The van der Waals surface area contributed by atoms with E-state index in [0.29, 0.717) is 37.8 Å². The van der Waals surface area contributed by atoms with Crippen molar-refractivity contribution < 1.29 is 40.2 Å². The zero-order valence-electron chi connectivity index (χ0n) is 24.6. The molecular weight excluding hydrogens is 573 g/mol. The predicted octanol–water partition coefficient (Wildman–Crippen LogP) is 10.6. The second-order valence-electron chi connectivity index (χ2n) is 12.0. The van der Waals surface area contributed by atoms with Crippen LogP contribution in [0.5, 0.6) is 5.75 Å². The third-order valence-electron chi connectivity index (χ3n) is 8.78. The van der Waals surface area contributed by atoms with Gasteiger partial charge in [-0.25, -0.2) is 13.2 Å². The molecule has 2 fully saturated rings. The van der Waals surface area contributed by atoms with E-state index in [4.69, 9.17) is 4.74 Å². The van der Waals surface area contributed by atoms with Gasteiger partial charge in [-0.3, -0.25) is 0 Å². The van der Waals surface area contributed by atoms with E-state index in [1.807, 2.05) is 0 Å². The maximum absolute atomic E-state index is 15.0. The number of rotatable bonds is 13. The molecule has 2 aromatic rings. The van der Waals surface area contributed by atoms with Crippen molar-refractivity contribution in [2.75, 3.05) is 0 Å². The van der Waals surface area contributed by atoms with Crippen molar-refractivity contribution in [3.63, 3.8) is 0 Å². The number of halogens is 7. The highest BCUT2D eigenvalue weighted by molar-refractivity contribution is 5.25. The molecule has 2 aliphatic rings. The smallest absolute Gasteiger partial charge is 0.400 e. The Balaban J connectivity index is 1.17. The Morgan fingerprint density at radius 2 is 1.28 bits per heavy atom. The largest absolute Gasteiger partial charge is 0.432 e. The summed E-state index contributed by atoms with van der Waals surface area (Å²) in [6.45, 7) is 2.18. The molecule has 0 unspecified atom stereocenters. The molecule has 0 saturated heterocycles. The number of alkyl halides is 4. The predicted molar refractivity (Wildman–Crippen MR) is 152 cm³/mol. The van der Waals surface area contributed by atoms with Gasteiger partial charge in [0.1, 0.15) is 5.75 Å². The third-order valence-corrected chi connectivity index (χ3v) is 8.78. The van der Waals surface area contributed by atoms with Crippen molar-refractivity contribution in [3.05, 3.63) is 77.1 Å². The summed E-state index contributed by atoms with van der Waals surface area (Å²) in [7, 11) is 0. The van der Waals surface area contributed by atoms with Gasteiger partial charge < -0.3 is 9.47 Å². The van der Waals surface area contributed by atoms with Gasteiger partial charge in [-0.2, -0.15) is 17.6 Å². The van der Waals surface area contributed by atoms with Crippen molar-refractivity contribution in [3.8, 4) is 5.75 Å². The van der Waals surface area contributed by atoms with Crippen molar-refractivity contribution in [1.82, 2.24) is 0 Å². The first-order valence-corrected chi connectivity index (χ1v) is 15.5. The van der Waals surface area contributed by atoms with E-state index in [1.54, 1.807) is 0 Å². The zero-order valence-corrected chi connectivity index (χ0v) is 24.6. The molecule has 2 nitrogen and oxygen atoms in total. The average molecular weight is 615 g/mol. The number of ether oxygens (including phenoxy) is 2. The fourth-order valence-electron chi connectivity index (χ4n) is 6.11. The summed E-state index contributed by atoms with van der Waals surface area (Å²) in [5.74, 6) is -7.94. The number of aryl methyl sites for hydroxylation is 2. The summed E-state index contributed by atoms with van der Waals surface area (Å²) in [6, 6.07) is 9.43. The van der Waals surface area contributed by atoms with E-state index in [1.165, 1.54) is 24.0 Å². The number of benzene rings is 2. The van der Waals surface area contributed by atoms with Gasteiger partial charge >= 0.3 is 12.2 Å². The van der Waals surface area contributed by atoms with Crippen LogP contribution in [0.15, 0.2) is 48.6 Å². The Hall–Kier alpha value is -2.55. The van der Waals surface area contributed by atoms with Crippen molar-refractivity contribution in [2.45, 2.75) is 109 Å². The van der Waals surface area contributed by atoms with Gasteiger partial charge in [0.25, 0.3) is 0 Å². The van der Waals surface area contributed by atoms with Gasteiger partial charge in [0.2, 0.25) is 0 Å². The molecule has 2 saturated carbocycles. The van der Waals surface area contributed by atoms with Gasteiger partial charge in [-0.05, 0) is 94.1 Å². The molecule has 0 atom stereocenters. The van der Waals surface area contributed by atoms with E-state index < -0.39 is 53.4 Å². The molecule has 0 aliphatic heterocycles. The van der Waals surface area contributed by atoms with Crippen LogP contribution >= 0.6 is 0 Å². The number of hydrogen-bond acceptors (Lipinski definition) is 2. The maximum Gasteiger partial charge on any atom is 0.400 e. The van der Waals surface area contributed by atoms with Crippen LogP contribution in [-0.4, -0.2) is 18.3 Å². The van der Waals surface area contributed by atoms with Crippen molar-refractivity contribution >= 4 is 0 Å². The molecule has 0 aromatic heterocycles. The van der Waals surface area contributed by atoms with Crippen LogP contribution in [-0.2, 0) is 17.6 Å². The SMILES string of the molecule is CCCCc1ccc(CCC=CC2CCC(C(F)(F)OC3CCC(C(F)(F)Oc4cc(F)c(F)c(F)c4)CC3)CC2)cc1. The lowest BCUT2D eigenvalue weighted by molar-refractivity contribution is -0.305. The van der Waals surface area contributed by atoms with Crippen molar-refractivity contribution in [1.29, 1.82) is 0 Å². The van der Waals surface area contributed by atoms with Gasteiger partial charge in [0.05, 0.1) is 17.9 Å². The van der Waals surface area contributed by atoms with Crippen LogP contribution in [0.4, 0.5) is 30.7 Å². The van der Waals surface area contributed by atoms with Gasteiger partial charge in [-0.15, -0.1) is 0 Å². The molecule has 0 radical (unpaired) electrons. The third kappa shape index (κ3) is 9.47. The molecule has 2 aliphatic carbocycles. The second-order valence-corrected chi connectivity index (χ2v) is 12.0. The molecule has 9 heteroatoms. The fourth-order valence-corrected chi connectivity index (χ4v) is 6.11. The first kappa shape index (κ1) is 33.3. The summed E-state index contributed by atoms with van der Waals surface area (Å²) in [4.78, 5) is 0. The highest BCUT2D eigenvalue weighted by atomic mass is 19.3. The van der Waals surface area contributed by atoms with E-state index in [9.17, 15) is 22.0 Å². The summed E-state index contributed by atoms with van der Waals surface area (Å²) in [6.07, 6.45) is 3.14. The van der Waals surface area contributed by atoms with E-state index in [-0.39, 0.29) is 31.6 Å². The average Bonchev–Trinajstić information content (AvgIpc) is 2.98. The standard InChI is InChI=1S/C34H41F7O2/c1-2-3-6-23-9-11-24(12-10-23)7-4-5-8-25-13-15-26(16-14-25)33(38,39)42-28-19-17-27(18-20-28)34(40,41)43-29-21-30(35)32(37)31(36)22-29/h5,8-12,21-22,25-28H,2-4,6-7,13-20H2,1H3. The second kappa shape index (κ2) is 15.0. The summed E-state index contributed by atoms with van der Waals surface area (Å²) in [5.41, 5.74) is 2.65. The molecule has 0 amide bonds. The molecule has 0 spiro atoms. The number of unbranched alkanes of at least 4 members (excludes halogenated alkanes) is 1. The van der Waals surface area contributed by atoms with Gasteiger partial charge in [-0.1, -0.05) is 49.8 Å². The number of hydrogen-bond donors (Lipinski definition) is 0. The molecule has 0 heterocycles. The molecule has 4 rings (SSSR count). The molecule has 0 N–H and O–H groups in total. The molecule has 2 aromatic carbocycles. The van der Waals surface area contributed by atoms with Crippen LogP contribution in [0.3, 0.4) is 0 Å². The minimum Gasteiger partial charge on any atom is -0.432 e. The van der Waals surface area contributed by atoms with Crippen molar-refractivity contribution in [2.24, 2.45) is 17.8 Å². The lowest BCUT2D eigenvalue weighted by atomic mass is 9.81. The molecule has 43 heavy (non-hydrogen) atoms. The maximum atomic E-state index is 15.0. The Labute approximate surface area is 249 Å². The lowest BCUT2D eigenvalue weighted by Crippen LogP contribution is -2.42. The quantitative estimate of drug-likeness (QED) is 0.127. The zero-order chi connectivity index (χ0) is 31.0. The van der Waals surface area contributed by atoms with Crippen LogP contribution in [0.25, 0.3) is 0 Å². The van der Waals surface area contributed by atoms with Crippen LogP contribution < -0.4 is 4.74 Å². The highest BCUT2D eigenvalue weighted by Gasteiger charge is 2.48. The van der Waals surface area contributed by atoms with Crippen LogP contribution in [0.1, 0.15) is 88.7 Å². The highest BCUT2D eigenvalue weighted by Crippen LogP contribution is 2.44. The van der Waals surface area contributed by atoms with E-state index in [0.717, 1.165) is 19.3 Å². The van der Waals surface area contributed by atoms with Gasteiger partial charge in [0.15, 0.2) is 17.5 Å². The lowest BCUT2D eigenvalue weighted by Gasteiger charge is -2.37. The minimum atomic E-state index is -3.81.